The van der Waals surface area contributed by atoms with Crippen LogP contribution in [0.3, 0.4) is 0 Å². The minimum Gasteiger partial charge on any atom is -0.382 e. The Labute approximate surface area is 216 Å². The van der Waals surface area contributed by atoms with E-state index in [-0.39, 0.29) is 23.7 Å². The van der Waals surface area contributed by atoms with Crippen LogP contribution in [-0.2, 0) is 12.7 Å². The molecule has 9 nitrogen and oxygen atoms in total. The van der Waals surface area contributed by atoms with E-state index in [9.17, 15) is 22.8 Å². The Morgan fingerprint density at radius 2 is 1.86 bits per heavy atom. The summed E-state index contributed by atoms with van der Waals surface area (Å²) in [4.78, 5) is 35.1. The van der Waals surface area contributed by atoms with Gasteiger partial charge in [0.25, 0.3) is 5.91 Å². The number of carbonyl (C=O) groups excluding carboxylic acids is 2. The van der Waals surface area contributed by atoms with Crippen LogP contribution in [0, 0.1) is 0 Å². The van der Waals surface area contributed by atoms with Crippen molar-refractivity contribution in [2.75, 3.05) is 38.2 Å². The fraction of sp³-hybridized carbons (Fsp3) is 0.250. The number of halogens is 4. The lowest BCUT2D eigenvalue weighted by Crippen LogP contribution is -2.32. The lowest BCUT2D eigenvalue weighted by atomic mass is 10.1. The Balaban J connectivity index is 1.66. The summed E-state index contributed by atoms with van der Waals surface area (Å²) in [5.41, 5.74) is 6.45. The first-order valence-electron chi connectivity index (χ1n) is 11.0. The van der Waals surface area contributed by atoms with Crippen molar-refractivity contribution in [1.82, 2.24) is 25.5 Å². The molecule has 196 valence electrons. The minimum atomic E-state index is -4.65. The van der Waals surface area contributed by atoms with Gasteiger partial charge in [-0.2, -0.15) is 13.2 Å². The smallest absolute Gasteiger partial charge is 0.382 e. The van der Waals surface area contributed by atoms with E-state index in [1.54, 1.807) is 24.3 Å². The third-order valence-corrected chi connectivity index (χ3v) is 5.40. The average molecular weight is 536 g/mol. The summed E-state index contributed by atoms with van der Waals surface area (Å²) in [6.07, 6.45) is -3.21. The Morgan fingerprint density at radius 3 is 2.57 bits per heavy atom. The number of benzene rings is 2. The lowest BCUT2D eigenvalue weighted by molar-refractivity contribution is -0.137. The zero-order valence-electron chi connectivity index (χ0n) is 20.0. The van der Waals surface area contributed by atoms with Gasteiger partial charge >= 0.3 is 12.2 Å². The molecule has 0 radical (unpaired) electrons. The highest BCUT2D eigenvalue weighted by Gasteiger charge is 2.33. The van der Waals surface area contributed by atoms with Crippen LogP contribution < -0.4 is 21.7 Å². The molecule has 0 aliphatic carbocycles. The fourth-order valence-corrected chi connectivity index (χ4v) is 3.42. The largest absolute Gasteiger partial charge is 0.417 e. The normalized spacial score (nSPS) is 11.3. The molecular weight excluding hydrogens is 511 g/mol. The number of nitrogens with zero attached hydrogens (tertiary/aromatic N) is 3. The number of rotatable bonds is 8. The number of nitrogens with one attached hydrogen (secondary N) is 3. The van der Waals surface area contributed by atoms with E-state index in [1.165, 1.54) is 12.3 Å². The van der Waals surface area contributed by atoms with Crippen LogP contribution in [-0.4, -0.2) is 54.0 Å². The molecule has 0 bridgehead atoms. The second kappa shape index (κ2) is 11.9. The molecule has 0 atom stereocenters. The Morgan fingerprint density at radius 1 is 1.11 bits per heavy atom. The molecular formula is C24H25ClF3N7O2. The first-order valence-corrected chi connectivity index (χ1v) is 11.4. The van der Waals surface area contributed by atoms with E-state index >= 15 is 0 Å². The fourth-order valence-electron chi connectivity index (χ4n) is 3.20. The number of anilines is 2. The molecule has 1 aromatic heterocycles. The number of nitrogens with two attached hydrogens (primary N) is 1. The number of urea groups is 1. The van der Waals surface area contributed by atoms with Gasteiger partial charge in [-0.15, -0.1) is 0 Å². The molecule has 13 heteroatoms. The summed E-state index contributed by atoms with van der Waals surface area (Å²) in [6.45, 7) is 1.12. The zero-order valence-corrected chi connectivity index (χ0v) is 20.7. The number of carbonyl (C=O) groups is 2. The van der Waals surface area contributed by atoms with Crippen LogP contribution in [0.15, 0.2) is 48.7 Å². The van der Waals surface area contributed by atoms with Crippen molar-refractivity contribution in [1.29, 1.82) is 0 Å². The van der Waals surface area contributed by atoms with Crippen LogP contribution in [0.1, 0.15) is 21.6 Å². The first-order chi connectivity index (χ1) is 17.4. The zero-order chi connectivity index (χ0) is 27.2. The van der Waals surface area contributed by atoms with Gasteiger partial charge in [-0.1, -0.05) is 29.8 Å². The number of hydrogen-bond donors (Lipinski definition) is 4. The third kappa shape index (κ3) is 7.79. The highest BCUT2D eigenvalue weighted by molar-refractivity contribution is 6.31. The molecule has 0 fully saturated rings. The summed E-state index contributed by atoms with van der Waals surface area (Å²) in [7, 11) is 3.77. The number of hydrogen-bond acceptors (Lipinski definition) is 6. The molecule has 0 saturated heterocycles. The van der Waals surface area contributed by atoms with Crippen molar-refractivity contribution < 1.29 is 22.8 Å². The van der Waals surface area contributed by atoms with Crippen molar-refractivity contribution in [2.45, 2.75) is 12.7 Å². The van der Waals surface area contributed by atoms with E-state index < -0.39 is 28.7 Å². The van der Waals surface area contributed by atoms with Gasteiger partial charge in [-0.05, 0) is 43.9 Å². The van der Waals surface area contributed by atoms with Crippen molar-refractivity contribution in [3.63, 3.8) is 0 Å². The summed E-state index contributed by atoms with van der Waals surface area (Å²) in [5.74, 6) is -0.449. The number of likely N-dealkylation sites (N-methyl/N-ethyl adjacent to an activating group) is 1. The van der Waals surface area contributed by atoms with Gasteiger partial charge in [0.2, 0.25) is 0 Å². The third-order valence-electron chi connectivity index (χ3n) is 5.07. The van der Waals surface area contributed by atoms with Crippen molar-refractivity contribution >= 4 is 35.0 Å². The van der Waals surface area contributed by atoms with Crippen LogP contribution in [0.25, 0.3) is 11.3 Å². The van der Waals surface area contributed by atoms with Crippen molar-refractivity contribution in [3.05, 3.63) is 70.5 Å². The van der Waals surface area contributed by atoms with E-state index in [1.807, 2.05) is 19.0 Å². The van der Waals surface area contributed by atoms with Crippen molar-refractivity contribution in [3.8, 4) is 11.3 Å². The number of nitrogen functional groups attached to an aromatic ring is 1. The SMILES string of the molecule is CN(C)CCNC(=O)c1nc(-c2cccc(CNC(=O)Nc3ccc(Cl)c(C(F)(F)F)c3)c2)cnc1N. The first kappa shape index (κ1) is 27.7. The highest BCUT2D eigenvalue weighted by atomic mass is 35.5. The topological polar surface area (TPSA) is 125 Å². The molecule has 3 aromatic rings. The van der Waals surface area contributed by atoms with E-state index in [4.69, 9.17) is 17.3 Å². The van der Waals surface area contributed by atoms with Crippen LogP contribution in [0.2, 0.25) is 5.02 Å². The lowest BCUT2D eigenvalue weighted by Gasteiger charge is -2.13. The van der Waals surface area contributed by atoms with Crippen molar-refractivity contribution in [2.24, 2.45) is 0 Å². The van der Waals surface area contributed by atoms with Gasteiger partial charge in [0.15, 0.2) is 11.5 Å². The van der Waals surface area contributed by atoms with Gasteiger partial charge in [-0.25, -0.2) is 14.8 Å². The predicted octanol–water partition coefficient (Wildman–Crippen LogP) is 4.01. The number of aromatic nitrogens is 2. The monoisotopic (exact) mass is 535 g/mol. The van der Waals surface area contributed by atoms with E-state index in [0.717, 1.165) is 12.1 Å². The maximum atomic E-state index is 13.0. The highest BCUT2D eigenvalue weighted by Crippen LogP contribution is 2.36. The molecule has 0 unspecified atom stereocenters. The standard InChI is InChI=1S/C24H25ClF3N7O2/c1-35(2)9-8-30-22(36)20-21(29)31-13-19(34-20)15-5-3-4-14(10-15)12-32-23(37)33-16-6-7-18(25)17(11-16)24(26,27)28/h3-7,10-11,13H,8-9,12H2,1-2H3,(H2,29,31)(H,30,36)(H2,32,33,37). The van der Waals surface area contributed by atoms with Gasteiger partial charge in [0.05, 0.1) is 22.5 Å². The maximum absolute atomic E-state index is 13.0. The second-order valence-electron chi connectivity index (χ2n) is 8.25. The summed E-state index contributed by atoms with van der Waals surface area (Å²) >= 11 is 5.60. The molecule has 0 aliphatic rings. The molecule has 0 aliphatic heterocycles. The summed E-state index contributed by atoms with van der Waals surface area (Å²) in [6, 6.07) is 9.35. The average Bonchev–Trinajstić information content (AvgIpc) is 2.83. The van der Waals surface area contributed by atoms with Crippen LogP contribution in [0.4, 0.5) is 29.5 Å². The van der Waals surface area contributed by atoms with E-state index in [2.05, 4.69) is 25.9 Å². The minimum absolute atomic E-state index is 0.000326. The molecule has 5 N–H and O–H groups in total. The predicted molar refractivity (Wildman–Crippen MR) is 135 cm³/mol. The van der Waals surface area contributed by atoms with Crippen LogP contribution >= 0.6 is 11.6 Å². The van der Waals surface area contributed by atoms with E-state index in [0.29, 0.717) is 29.9 Å². The molecule has 0 spiro atoms. The Hall–Kier alpha value is -3.90. The Kier molecular flexibility index (Phi) is 8.90. The quantitative estimate of drug-likeness (QED) is 0.345. The molecule has 3 rings (SSSR count). The Bertz CT molecular complexity index is 1290. The second-order valence-corrected chi connectivity index (χ2v) is 8.66. The molecule has 1 heterocycles. The number of amides is 3. The van der Waals surface area contributed by atoms with Gasteiger partial charge in [0, 0.05) is 30.9 Å². The summed E-state index contributed by atoms with van der Waals surface area (Å²) < 4.78 is 39.1. The summed E-state index contributed by atoms with van der Waals surface area (Å²) in [5, 5.41) is 7.22. The number of alkyl halides is 3. The van der Waals surface area contributed by atoms with Crippen LogP contribution in [0.5, 0.6) is 0 Å². The van der Waals surface area contributed by atoms with Gasteiger partial charge < -0.3 is 26.6 Å². The molecule has 0 saturated carbocycles. The molecule has 2 aromatic carbocycles. The van der Waals surface area contributed by atoms with Gasteiger partial charge in [-0.3, -0.25) is 4.79 Å². The van der Waals surface area contributed by atoms with Gasteiger partial charge in [0.1, 0.15) is 0 Å². The maximum Gasteiger partial charge on any atom is 0.417 e. The molecule has 3 amide bonds. The molecule has 37 heavy (non-hydrogen) atoms.